The summed E-state index contributed by atoms with van der Waals surface area (Å²) < 4.78 is 0. The van der Waals surface area contributed by atoms with Crippen molar-refractivity contribution in [2.45, 2.75) is 0 Å². The molecule has 2 heterocycles. The first-order valence-electron chi connectivity index (χ1n) is 8.37. The van der Waals surface area contributed by atoms with Gasteiger partial charge in [-0.2, -0.15) is 0 Å². The number of hydrogen-bond donors (Lipinski definition) is 2. The lowest BCUT2D eigenvalue weighted by Gasteiger charge is -2.09. The van der Waals surface area contributed by atoms with Crippen molar-refractivity contribution in [1.82, 2.24) is 9.97 Å². The molecule has 29 heavy (non-hydrogen) atoms. The monoisotopic (exact) mass is 442 g/mol. The largest absolute Gasteiger partial charge is 0.493 e. The third kappa shape index (κ3) is 3.82. The van der Waals surface area contributed by atoms with Gasteiger partial charge < -0.3 is 10.2 Å². The molecule has 4 rings (SSSR count). The molecule has 0 unspecified atom stereocenters. The van der Waals surface area contributed by atoms with Crippen molar-refractivity contribution in [3.8, 4) is 38.8 Å². The molecule has 2 aromatic carbocycles. The number of aromatic nitrogens is 2. The molecule has 2 aromatic heterocycles. The molecule has 0 aliphatic rings. The first kappa shape index (κ1) is 19.4. The van der Waals surface area contributed by atoms with E-state index in [1.54, 1.807) is 42.5 Å². The van der Waals surface area contributed by atoms with Crippen LogP contribution in [0, 0.1) is 0 Å². The van der Waals surface area contributed by atoms with E-state index in [1.807, 2.05) is 11.4 Å². The molecule has 0 aliphatic carbocycles. The van der Waals surface area contributed by atoms with E-state index in [0.717, 1.165) is 11.3 Å². The van der Waals surface area contributed by atoms with Gasteiger partial charge in [-0.3, -0.25) is 0 Å². The van der Waals surface area contributed by atoms with Crippen LogP contribution in [-0.4, -0.2) is 26.2 Å². The molecule has 0 spiro atoms. The number of thiazole rings is 1. The maximum Gasteiger partial charge on any atom is 0.336 e. The standard InChI is InChI=1S/C21H12Cl2N2O3S/c22-16-6-4-11(9-17(16)23)18-10-29-20(25-18)12-3-5-13(15(8-12)21(27)28)14-2-1-7-24-19(14)26/h1-10H,(H,24,26)(H,27,28). The van der Waals surface area contributed by atoms with Crippen molar-refractivity contribution in [3.63, 3.8) is 0 Å². The lowest BCUT2D eigenvalue weighted by molar-refractivity contribution is 0.0698. The van der Waals surface area contributed by atoms with Gasteiger partial charge in [0, 0.05) is 33.8 Å². The zero-order chi connectivity index (χ0) is 20.5. The molecule has 4 aromatic rings. The number of pyridine rings is 1. The number of rotatable bonds is 4. The van der Waals surface area contributed by atoms with E-state index < -0.39 is 5.97 Å². The lowest BCUT2D eigenvalue weighted by atomic mass is 9.98. The predicted octanol–water partition coefficient (Wildman–Crippen LogP) is 6.25. The summed E-state index contributed by atoms with van der Waals surface area (Å²) in [7, 11) is 0. The van der Waals surface area contributed by atoms with Crippen LogP contribution in [-0.2, 0) is 0 Å². The van der Waals surface area contributed by atoms with E-state index in [4.69, 9.17) is 23.2 Å². The number of aromatic hydroxyl groups is 1. The summed E-state index contributed by atoms with van der Waals surface area (Å²) in [6, 6.07) is 13.5. The second-order valence-corrected chi connectivity index (χ2v) is 7.78. The molecule has 0 radical (unpaired) electrons. The molecule has 0 saturated heterocycles. The summed E-state index contributed by atoms with van der Waals surface area (Å²) in [5.74, 6) is -1.33. The van der Waals surface area contributed by atoms with Crippen molar-refractivity contribution in [3.05, 3.63) is 75.7 Å². The van der Waals surface area contributed by atoms with E-state index in [0.29, 0.717) is 31.7 Å². The Morgan fingerprint density at radius 1 is 0.966 bits per heavy atom. The normalized spacial score (nSPS) is 10.8. The van der Waals surface area contributed by atoms with Gasteiger partial charge >= 0.3 is 5.97 Å². The van der Waals surface area contributed by atoms with E-state index in [2.05, 4.69) is 9.97 Å². The van der Waals surface area contributed by atoms with E-state index >= 15 is 0 Å². The molecule has 0 aliphatic heterocycles. The van der Waals surface area contributed by atoms with Gasteiger partial charge in [0.05, 0.1) is 21.3 Å². The maximum atomic E-state index is 11.8. The van der Waals surface area contributed by atoms with Crippen molar-refractivity contribution < 1.29 is 15.0 Å². The Balaban J connectivity index is 1.76. The Kier molecular flexibility index (Phi) is 5.24. The van der Waals surface area contributed by atoms with Gasteiger partial charge in [-0.05, 0) is 30.3 Å². The van der Waals surface area contributed by atoms with Crippen molar-refractivity contribution in [1.29, 1.82) is 0 Å². The summed E-state index contributed by atoms with van der Waals surface area (Å²) in [5, 5.41) is 23.1. The topological polar surface area (TPSA) is 83.3 Å². The van der Waals surface area contributed by atoms with E-state index in [1.165, 1.54) is 17.5 Å². The number of nitrogens with zero attached hydrogens (tertiary/aromatic N) is 2. The summed E-state index contributed by atoms with van der Waals surface area (Å²) in [6.45, 7) is 0. The van der Waals surface area contributed by atoms with Gasteiger partial charge in [0.25, 0.3) is 0 Å². The minimum absolute atomic E-state index is 0.0529. The Labute approximate surface area is 179 Å². The quantitative estimate of drug-likeness (QED) is 0.390. The molecule has 0 amide bonds. The SMILES string of the molecule is O=C(O)c1cc(-c2nc(-c3ccc(Cl)c(Cl)c3)cs2)ccc1-c1cccnc1O. The van der Waals surface area contributed by atoms with E-state index in [9.17, 15) is 15.0 Å². The minimum Gasteiger partial charge on any atom is -0.493 e. The van der Waals surface area contributed by atoms with Crippen LogP contribution in [0.15, 0.2) is 60.1 Å². The highest BCUT2D eigenvalue weighted by atomic mass is 35.5. The zero-order valence-electron chi connectivity index (χ0n) is 14.6. The van der Waals surface area contributed by atoms with Gasteiger partial charge in [-0.15, -0.1) is 11.3 Å². The van der Waals surface area contributed by atoms with Gasteiger partial charge in [-0.25, -0.2) is 14.8 Å². The molecule has 8 heteroatoms. The maximum absolute atomic E-state index is 11.8. The van der Waals surface area contributed by atoms with Crippen LogP contribution in [0.5, 0.6) is 5.88 Å². The highest BCUT2D eigenvalue weighted by Crippen LogP contribution is 2.36. The van der Waals surface area contributed by atoms with E-state index in [-0.39, 0.29) is 11.4 Å². The number of benzene rings is 2. The molecule has 0 fully saturated rings. The van der Waals surface area contributed by atoms with Crippen LogP contribution in [0.1, 0.15) is 10.4 Å². The fourth-order valence-corrected chi connectivity index (χ4v) is 4.01. The molecular weight excluding hydrogens is 431 g/mol. The zero-order valence-corrected chi connectivity index (χ0v) is 17.0. The molecule has 0 saturated carbocycles. The smallest absolute Gasteiger partial charge is 0.336 e. The van der Waals surface area contributed by atoms with Crippen molar-refractivity contribution in [2.75, 3.05) is 0 Å². The fourth-order valence-electron chi connectivity index (χ4n) is 2.89. The van der Waals surface area contributed by atoms with Gasteiger partial charge in [-0.1, -0.05) is 41.4 Å². The molecular formula is C21H12Cl2N2O3S. The number of hydrogen-bond acceptors (Lipinski definition) is 5. The van der Waals surface area contributed by atoms with Crippen LogP contribution in [0.25, 0.3) is 33.0 Å². The summed E-state index contributed by atoms with van der Waals surface area (Å²) >= 11 is 13.4. The molecule has 0 atom stereocenters. The van der Waals surface area contributed by atoms with Crippen LogP contribution >= 0.6 is 34.5 Å². The average molecular weight is 443 g/mol. The third-order valence-electron chi connectivity index (χ3n) is 4.29. The second-order valence-electron chi connectivity index (χ2n) is 6.11. The van der Waals surface area contributed by atoms with Crippen LogP contribution in [0.4, 0.5) is 0 Å². The van der Waals surface area contributed by atoms with Gasteiger partial charge in [0.15, 0.2) is 0 Å². The predicted molar refractivity (Wildman–Crippen MR) is 115 cm³/mol. The number of carboxylic acids is 1. The highest BCUT2D eigenvalue weighted by molar-refractivity contribution is 7.13. The summed E-state index contributed by atoms with van der Waals surface area (Å²) in [5.41, 5.74) is 2.98. The van der Waals surface area contributed by atoms with Crippen molar-refractivity contribution in [2.24, 2.45) is 0 Å². The number of carbonyl (C=O) groups is 1. The highest BCUT2D eigenvalue weighted by Gasteiger charge is 2.17. The summed E-state index contributed by atoms with van der Waals surface area (Å²) in [4.78, 5) is 20.3. The van der Waals surface area contributed by atoms with Crippen molar-refractivity contribution >= 4 is 40.5 Å². The van der Waals surface area contributed by atoms with Crippen LogP contribution in [0.2, 0.25) is 10.0 Å². The molecule has 5 nitrogen and oxygen atoms in total. The van der Waals surface area contributed by atoms with Crippen LogP contribution < -0.4 is 0 Å². The Hall–Kier alpha value is -2.93. The number of halogens is 2. The molecule has 2 N–H and O–H groups in total. The Bertz CT molecular complexity index is 1240. The Morgan fingerprint density at radius 3 is 2.48 bits per heavy atom. The average Bonchev–Trinajstić information content (AvgIpc) is 3.20. The minimum atomic E-state index is -1.11. The van der Waals surface area contributed by atoms with Gasteiger partial charge in [0.2, 0.25) is 5.88 Å². The Morgan fingerprint density at radius 2 is 1.76 bits per heavy atom. The lowest BCUT2D eigenvalue weighted by Crippen LogP contribution is -2.00. The third-order valence-corrected chi connectivity index (χ3v) is 5.92. The first-order valence-corrected chi connectivity index (χ1v) is 10.0. The molecule has 0 bridgehead atoms. The second kappa shape index (κ2) is 7.83. The first-order chi connectivity index (χ1) is 13.9. The van der Waals surface area contributed by atoms with Crippen LogP contribution in [0.3, 0.4) is 0 Å². The number of carboxylic acid groups (broad SMARTS) is 1. The number of aromatic carboxylic acids is 1. The molecule has 144 valence electrons. The fraction of sp³-hybridized carbons (Fsp3) is 0. The van der Waals surface area contributed by atoms with Gasteiger partial charge in [0.1, 0.15) is 5.01 Å². The summed E-state index contributed by atoms with van der Waals surface area (Å²) in [6.07, 6.45) is 1.44.